The van der Waals surface area contributed by atoms with Gasteiger partial charge in [0.25, 0.3) is 0 Å². The van der Waals surface area contributed by atoms with Crippen molar-refractivity contribution in [2.45, 2.75) is 289 Å². The minimum atomic E-state index is -1.62. The van der Waals surface area contributed by atoms with Gasteiger partial charge in [-0.2, -0.15) is 0 Å². The topological polar surface area (TPSA) is 111 Å². The van der Waals surface area contributed by atoms with Crippen LogP contribution in [0.25, 0.3) is 0 Å². The quantitative estimate of drug-likeness (QED) is 0.0195. The van der Waals surface area contributed by atoms with Crippen LogP contribution < -0.4 is 5.11 Å². The summed E-state index contributed by atoms with van der Waals surface area (Å²) in [6, 6.07) is 0. The van der Waals surface area contributed by atoms with Crippen molar-refractivity contribution in [2.75, 3.05) is 47.5 Å². The van der Waals surface area contributed by atoms with Crippen LogP contribution in [0, 0.1) is 0 Å². The van der Waals surface area contributed by atoms with Crippen molar-refractivity contribution in [2.24, 2.45) is 0 Å². The standard InChI is InChI=1S/C61H113NO8/c1-6-8-10-12-14-16-18-20-22-24-25-26-27-28-29-30-31-32-33-34-35-36-38-40-42-44-46-48-50-52-59(64)70-57(56-69-61(60(65)66)67-54-53-62(3,4)5)55-68-58(63)51-49-47-45-43-41-39-37-23-21-19-17-15-13-11-9-7-2/h18,20,23-25,37,57,61H,6-17,19,21-22,26-36,38-56H2,1-5H3/b20-18-,25-24-,37-23-. The number of likely N-dealkylation sites (N-methyl/N-ethyl adjacent to an activating group) is 1. The number of quaternary nitrogens is 1. The van der Waals surface area contributed by atoms with E-state index in [-0.39, 0.29) is 38.6 Å². The number of esters is 2. The molecule has 0 aromatic carbocycles. The molecule has 9 nitrogen and oxygen atoms in total. The molecule has 2 unspecified atom stereocenters. The molecule has 0 aliphatic heterocycles. The Morgan fingerprint density at radius 2 is 0.771 bits per heavy atom. The van der Waals surface area contributed by atoms with Crippen LogP contribution in [0.2, 0.25) is 0 Å². The maximum Gasteiger partial charge on any atom is 0.306 e. The highest BCUT2D eigenvalue weighted by Gasteiger charge is 2.22. The van der Waals surface area contributed by atoms with Gasteiger partial charge in [-0.15, -0.1) is 0 Å². The molecule has 0 N–H and O–H groups in total. The molecule has 0 aromatic rings. The Morgan fingerprint density at radius 3 is 1.14 bits per heavy atom. The minimum Gasteiger partial charge on any atom is -0.545 e. The number of carboxylic acids is 1. The predicted octanol–water partition coefficient (Wildman–Crippen LogP) is 16.0. The highest BCUT2D eigenvalue weighted by molar-refractivity contribution is 5.70. The van der Waals surface area contributed by atoms with Gasteiger partial charge in [0.1, 0.15) is 13.2 Å². The fourth-order valence-electron chi connectivity index (χ4n) is 8.50. The number of allylic oxidation sites excluding steroid dienone is 6. The molecule has 0 heterocycles. The van der Waals surface area contributed by atoms with Gasteiger partial charge < -0.3 is 33.3 Å². The molecular formula is C61H113NO8. The summed E-state index contributed by atoms with van der Waals surface area (Å²) in [5.74, 6) is -2.28. The number of ether oxygens (including phenoxy) is 4. The van der Waals surface area contributed by atoms with Crippen molar-refractivity contribution in [3.8, 4) is 0 Å². The van der Waals surface area contributed by atoms with Crippen LogP contribution in [-0.2, 0) is 33.3 Å². The molecular weight excluding hydrogens is 875 g/mol. The van der Waals surface area contributed by atoms with Gasteiger partial charge in [0.2, 0.25) is 0 Å². The van der Waals surface area contributed by atoms with Gasteiger partial charge >= 0.3 is 11.9 Å². The Morgan fingerprint density at radius 1 is 0.429 bits per heavy atom. The molecule has 0 bridgehead atoms. The maximum absolute atomic E-state index is 12.9. The summed E-state index contributed by atoms with van der Waals surface area (Å²) in [5.41, 5.74) is 0. The van der Waals surface area contributed by atoms with Crippen LogP contribution in [-0.4, -0.2) is 82.3 Å². The van der Waals surface area contributed by atoms with Crippen molar-refractivity contribution in [3.63, 3.8) is 0 Å². The minimum absolute atomic E-state index is 0.148. The van der Waals surface area contributed by atoms with E-state index in [0.717, 1.165) is 57.8 Å². The van der Waals surface area contributed by atoms with Crippen molar-refractivity contribution in [1.82, 2.24) is 0 Å². The maximum atomic E-state index is 12.9. The third-order valence-electron chi connectivity index (χ3n) is 13.1. The van der Waals surface area contributed by atoms with Crippen LogP contribution in [0.4, 0.5) is 0 Å². The van der Waals surface area contributed by atoms with E-state index in [4.69, 9.17) is 18.9 Å². The van der Waals surface area contributed by atoms with Gasteiger partial charge in [0, 0.05) is 12.8 Å². The summed E-state index contributed by atoms with van der Waals surface area (Å²) in [6.45, 7) is 4.76. The Labute approximate surface area is 432 Å². The number of aliphatic carboxylic acids is 1. The summed E-state index contributed by atoms with van der Waals surface area (Å²) in [4.78, 5) is 37.3. The van der Waals surface area contributed by atoms with E-state index in [1.165, 1.54) is 186 Å². The number of rotatable bonds is 55. The summed E-state index contributed by atoms with van der Waals surface area (Å²) in [7, 11) is 5.92. The fraction of sp³-hybridized carbons (Fsp3) is 0.852. The van der Waals surface area contributed by atoms with Crippen molar-refractivity contribution in [1.29, 1.82) is 0 Å². The number of carbonyl (C=O) groups excluding carboxylic acids is 3. The van der Waals surface area contributed by atoms with Gasteiger partial charge in [-0.05, 0) is 70.6 Å². The van der Waals surface area contributed by atoms with E-state index >= 15 is 0 Å². The summed E-state index contributed by atoms with van der Waals surface area (Å²) in [5, 5.41) is 11.8. The lowest BCUT2D eigenvalue weighted by Crippen LogP contribution is -2.44. The molecule has 0 aromatic heterocycles. The molecule has 0 fully saturated rings. The Hall–Kier alpha value is -2.49. The summed E-state index contributed by atoms with van der Waals surface area (Å²) < 4.78 is 22.7. The van der Waals surface area contributed by atoms with E-state index in [0.29, 0.717) is 17.4 Å². The predicted molar refractivity (Wildman–Crippen MR) is 293 cm³/mol. The normalized spacial score (nSPS) is 13.0. The molecule has 0 saturated heterocycles. The number of hydrogen-bond acceptors (Lipinski definition) is 8. The molecule has 0 saturated carbocycles. The lowest BCUT2D eigenvalue weighted by atomic mass is 10.0. The van der Waals surface area contributed by atoms with Crippen molar-refractivity contribution < 1.29 is 42.9 Å². The zero-order valence-corrected chi connectivity index (χ0v) is 46.7. The molecule has 0 radical (unpaired) electrons. The van der Waals surface area contributed by atoms with E-state index < -0.39 is 24.3 Å². The molecule has 70 heavy (non-hydrogen) atoms. The van der Waals surface area contributed by atoms with Crippen LogP contribution >= 0.6 is 0 Å². The number of unbranched alkanes of at least 4 members (excludes halogenated alkanes) is 34. The number of carbonyl (C=O) groups is 3. The first kappa shape index (κ1) is 67.5. The van der Waals surface area contributed by atoms with E-state index in [9.17, 15) is 19.5 Å². The fourth-order valence-corrected chi connectivity index (χ4v) is 8.50. The van der Waals surface area contributed by atoms with Crippen LogP contribution in [0.15, 0.2) is 36.5 Å². The van der Waals surface area contributed by atoms with Gasteiger partial charge in [-0.25, -0.2) is 0 Å². The van der Waals surface area contributed by atoms with Crippen LogP contribution in [0.5, 0.6) is 0 Å². The molecule has 0 spiro atoms. The Bertz CT molecular complexity index is 1240. The molecule has 2 atom stereocenters. The number of hydrogen-bond donors (Lipinski definition) is 0. The van der Waals surface area contributed by atoms with Gasteiger partial charge in [0.05, 0.1) is 40.3 Å². The molecule has 410 valence electrons. The Kier molecular flexibility index (Phi) is 50.9. The second-order valence-electron chi connectivity index (χ2n) is 21.3. The second-order valence-corrected chi connectivity index (χ2v) is 21.3. The first-order chi connectivity index (χ1) is 34.1. The van der Waals surface area contributed by atoms with Gasteiger partial charge in [-0.1, -0.05) is 230 Å². The first-order valence-corrected chi connectivity index (χ1v) is 29.6. The lowest BCUT2D eigenvalue weighted by Gasteiger charge is -2.26. The van der Waals surface area contributed by atoms with Crippen molar-refractivity contribution >= 4 is 17.9 Å². The number of carboxylic acid groups (broad SMARTS) is 1. The van der Waals surface area contributed by atoms with E-state index in [1.54, 1.807) is 0 Å². The smallest absolute Gasteiger partial charge is 0.306 e. The third kappa shape index (κ3) is 53.3. The van der Waals surface area contributed by atoms with Crippen LogP contribution in [0.3, 0.4) is 0 Å². The molecule has 0 aliphatic rings. The molecule has 0 amide bonds. The first-order valence-electron chi connectivity index (χ1n) is 29.6. The highest BCUT2D eigenvalue weighted by Crippen LogP contribution is 2.17. The zero-order valence-electron chi connectivity index (χ0n) is 46.7. The van der Waals surface area contributed by atoms with E-state index in [2.05, 4.69) is 50.3 Å². The van der Waals surface area contributed by atoms with Gasteiger partial charge in [0.15, 0.2) is 12.4 Å². The number of nitrogens with zero attached hydrogens (tertiary/aromatic N) is 1. The van der Waals surface area contributed by atoms with E-state index in [1.807, 2.05) is 21.1 Å². The third-order valence-corrected chi connectivity index (χ3v) is 13.1. The molecule has 9 heteroatoms. The lowest BCUT2D eigenvalue weighted by molar-refractivity contribution is -0.870. The second kappa shape index (κ2) is 52.8. The largest absolute Gasteiger partial charge is 0.545 e. The Balaban J connectivity index is 4.15. The molecule has 0 aliphatic carbocycles. The average molecular weight is 989 g/mol. The zero-order chi connectivity index (χ0) is 51.3. The van der Waals surface area contributed by atoms with Crippen molar-refractivity contribution in [3.05, 3.63) is 36.5 Å². The van der Waals surface area contributed by atoms with Crippen LogP contribution in [0.1, 0.15) is 277 Å². The van der Waals surface area contributed by atoms with Gasteiger partial charge in [-0.3, -0.25) is 9.59 Å². The summed E-state index contributed by atoms with van der Waals surface area (Å²) in [6.07, 6.45) is 60.6. The molecule has 0 rings (SSSR count). The summed E-state index contributed by atoms with van der Waals surface area (Å²) >= 11 is 0. The highest BCUT2D eigenvalue weighted by atomic mass is 16.7. The average Bonchev–Trinajstić information content (AvgIpc) is 3.33. The SMILES string of the molecule is CCCCCCC/C=C\C/C=C\CCCCCCCCCCCCCCCCCCCC(=O)OC(COC(=O)CCCCCCC/C=C\CCCCCCCCC)COC(OCC[N+](C)(C)C)C(=O)[O-]. The monoisotopic (exact) mass is 988 g/mol.